The first-order valence-electron chi connectivity index (χ1n) is 9.76. The molecule has 0 spiro atoms. The summed E-state index contributed by atoms with van der Waals surface area (Å²) in [6, 6.07) is 8.31. The van der Waals surface area contributed by atoms with Crippen LogP contribution in [-0.4, -0.2) is 24.5 Å². The summed E-state index contributed by atoms with van der Waals surface area (Å²) in [6.45, 7) is 4.16. The number of hydrogen-bond donors (Lipinski definition) is 3. The maximum Gasteiger partial charge on any atom is 0.411 e. The highest BCUT2D eigenvalue weighted by Gasteiger charge is 2.22. The van der Waals surface area contributed by atoms with Crippen molar-refractivity contribution in [2.24, 2.45) is 5.92 Å². The molecule has 7 nitrogen and oxygen atoms in total. The second-order valence-electron chi connectivity index (χ2n) is 6.91. The highest BCUT2D eigenvalue weighted by molar-refractivity contribution is 7.14. The molecule has 0 unspecified atom stereocenters. The van der Waals surface area contributed by atoms with E-state index in [9.17, 15) is 14.4 Å². The average molecular weight is 416 g/mol. The molecule has 1 heterocycles. The molecule has 0 aliphatic heterocycles. The smallest absolute Gasteiger partial charge is 0.411 e. The van der Waals surface area contributed by atoms with E-state index in [0.717, 1.165) is 25.7 Å². The lowest BCUT2D eigenvalue weighted by atomic mass is 9.87. The third-order valence-corrected chi connectivity index (χ3v) is 6.16. The quantitative estimate of drug-likeness (QED) is 0.645. The number of thiophene rings is 1. The van der Waals surface area contributed by atoms with Gasteiger partial charge in [-0.15, -0.1) is 11.3 Å². The fourth-order valence-electron chi connectivity index (χ4n) is 3.33. The minimum absolute atomic E-state index is 0.253. The van der Waals surface area contributed by atoms with Crippen molar-refractivity contribution in [3.8, 4) is 0 Å². The second-order valence-corrected chi connectivity index (χ2v) is 8.05. The maximum absolute atomic E-state index is 12.4. The number of nitrogens with one attached hydrogen (secondary N) is 3. The summed E-state index contributed by atoms with van der Waals surface area (Å²) < 4.78 is 4.82. The summed E-state index contributed by atoms with van der Waals surface area (Å²) in [5.41, 5.74) is 6.88. The molecular weight excluding hydrogens is 390 g/mol. The van der Waals surface area contributed by atoms with Gasteiger partial charge in [-0.05, 0) is 61.9 Å². The Morgan fingerprint density at radius 1 is 1.14 bits per heavy atom. The molecule has 1 aliphatic rings. The Bertz CT molecular complexity index is 909. The van der Waals surface area contributed by atoms with Gasteiger partial charge in [-0.2, -0.15) is 0 Å². The van der Waals surface area contributed by atoms with Crippen LogP contribution in [-0.2, 0) is 17.6 Å². The number of hydrazine groups is 1. The van der Waals surface area contributed by atoms with Crippen LogP contribution in [0.2, 0.25) is 0 Å². The molecule has 2 aromatic rings. The third-order valence-electron chi connectivity index (χ3n) is 4.92. The van der Waals surface area contributed by atoms with E-state index < -0.39 is 12.0 Å². The lowest BCUT2D eigenvalue weighted by Crippen LogP contribution is -2.41. The molecule has 0 bridgehead atoms. The topological polar surface area (TPSA) is 96.5 Å². The first-order valence-corrected chi connectivity index (χ1v) is 10.6. The Kier molecular flexibility index (Phi) is 6.87. The summed E-state index contributed by atoms with van der Waals surface area (Å²) >= 11 is 1.49. The normalized spacial score (nSPS) is 15.2. The summed E-state index contributed by atoms with van der Waals surface area (Å²) in [7, 11) is 0. The van der Waals surface area contributed by atoms with Crippen LogP contribution in [0.4, 0.5) is 10.5 Å². The lowest BCUT2D eigenvalue weighted by molar-refractivity contribution is 0.0849. The summed E-state index contributed by atoms with van der Waals surface area (Å²) in [5, 5.41) is 2.54. The minimum Gasteiger partial charge on any atom is -0.450 e. The largest absolute Gasteiger partial charge is 0.450 e. The Balaban J connectivity index is 1.57. The highest BCUT2D eigenvalue weighted by atomic mass is 32.1. The van der Waals surface area contributed by atoms with Crippen LogP contribution in [0.3, 0.4) is 0 Å². The molecule has 1 aromatic heterocycles. The van der Waals surface area contributed by atoms with E-state index in [1.54, 1.807) is 25.1 Å². The molecular formula is C21H25N3O4S. The number of hydrogen-bond acceptors (Lipinski definition) is 5. The van der Waals surface area contributed by atoms with E-state index in [1.807, 2.05) is 6.07 Å². The van der Waals surface area contributed by atoms with E-state index in [0.29, 0.717) is 22.0 Å². The van der Waals surface area contributed by atoms with Crippen molar-refractivity contribution in [3.63, 3.8) is 0 Å². The number of anilines is 1. The number of carbonyl (C=O) groups is 3. The molecule has 1 aromatic carbocycles. The molecule has 0 radical (unpaired) electrons. The Labute approximate surface area is 173 Å². The summed E-state index contributed by atoms with van der Waals surface area (Å²) in [6.07, 6.45) is 3.75. The first kappa shape index (κ1) is 20.9. The number of rotatable bonds is 5. The van der Waals surface area contributed by atoms with Crippen molar-refractivity contribution in [3.05, 3.63) is 51.2 Å². The molecule has 3 rings (SSSR count). The summed E-state index contributed by atoms with van der Waals surface area (Å²) in [4.78, 5) is 38.2. The third kappa shape index (κ3) is 5.35. The molecule has 1 aliphatic carbocycles. The van der Waals surface area contributed by atoms with Gasteiger partial charge in [-0.3, -0.25) is 25.8 Å². The Hall–Kier alpha value is -2.87. The van der Waals surface area contributed by atoms with Crippen LogP contribution >= 0.6 is 11.3 Å². The fourth-order valence-corrected chi connectivity index (χ4v) is 4.43. The number of amides is 3. The van der Waals surface area contributed by atoms with Crippen molar-refractivity contribution in [2.75, 3.05) is 11.9 Å². The Morgan fingerprint density at radius 3 is 2.69 bits per heavy atom. The monoisotopic (exact) mass is 415 g/mol. The average Bonchev–Trinajstić information content (AvgIpc) is 3.15. The number of ether oxygens (including phenoxy) is 1. The zero-order valence-electron chi connectivity index (χ0n) is 16.5. The highest BCUT2D eigenvalue weighted by Crippen LogP contribution is 2.33. The number of aryl methyl sites for hydroxylation is 1. The molecule has 3 amide bonds. The van der Waals surface area contributed by atoms with Gasteiger partial charge in [0.15, 0.2) is 0 Å². The second kappa shape index (κ2) is 9.56. The molecule has 154 valence electrons. The van der Waals surface area contributed by atoms with Crippen LogP contribution in [0.5, 0.6) is 0 Å². The predicted molar refractivity (Wildman–Crippen MR) is 112 cm³/mol. The van der Waals surface area contributed by atoms with Crippen molar-refractivity contribution in [1.29, 1.82) is 0 Å². The maximum atomic E-state index is 12.4. The number of benzene rings is 1. The predicted octanol–water partition coefficient (Wildman–Crippen LogP) is 3.91. The van der Waals surface area contributed by atoms with E-state index in [-0.39, 0.29) is 12.5 Å². The zero-order valence-corrected chi connectivity index (χ0v) is 17.4. The molecule has 0 saturated carbocycles. The fraction of sp³-hybridized carbons (Fsp3) is 0.381. The van der Waals surface area contributed by atoms with E-state index in [2.05, 4.69) is 23.1 Å². The van der Waals surface area contributed by atoms with Gasteiger partial charge in [0.1, 0.15) is 0 Å². The molecule has 1 atom stereocenters. The summed E-state index contributed by atoms with van der Waals surface area (Å²) in [5.74, 6) is -0.118. The molecule has 29 heavy (non-hydrogen) atoms. The van der Waals surface area contributed by atoms with Gasteiger partial charge >= 0.3 is 6.09 Å². The van der Waals surface area contributed by atoms with Gasteiger partial charge in [-0.25, -0.2) is 4.79 Å². The van der Waals surface area contributed by atoms with Gasteiger partial charge < -0.3 is 4.74 Å². The van der Waals surface area contributed by atoms with Gasteiger partial charge in [-0.1, -0.05) is 19.4 Å². The molecule has 0 fully saturated rings. The van der Waals surface area contributed by atoms with Crippen LogP contribution < -0.4 is 16.2 Å². The van der Waals surface area contributed by atoms with Crippen molar-refractivity contribution < 1.29 is 19.1 Å². The SMILES string of the molecule is CCOC(=O)Nc1cccc(C(=O)NNC(=O)c2cc3c(s2)CC[C@@H](CC)C3)c1. The van der Waals surface area contributed by atoms with Crippen molar-refractivity contribution in [1.82, 2.24) is 10.9 Å². The van der Waals surface area contributed by atoms with Crippen LogP contribution in [0.25, 0.3) is 0 Å². The van der Waals surface area contributed by atoms with E-state index >= 15 is 0 Å². The van der Waals surface area contributed by atoms with Crippen molar-refractivity contribution >= 4 is 34.9 Å². The van der Waals surface area contributed by atoms with Crippen molar-refractivity contribution in [2.45, 2.75) is 39.5 Å². The van der Waals surface area contributed by atoms with Crippen LogP contribution in [0.15, 0.2) is 30.3 Å². The van der Waals surface area contributed by atoms with E-state index in [1.165, 1.54) is 27.8 Å². The lowest BCUT2D eigenvalue weighted by Gasteiger charge is -2.19. The van der Waals surface area contributed by atoms with Gasteiger partial charge in [0, 0.05) is 16.1 Å². The zero-order chi connectivity index (χ0) is 20.8. The molecule has 0 saturated heterocycles. The van der Waals surface area contributed by atoms with E-state index in [4.69, 9.17) is 4.74 Å². The standard InChI is InChI=1S/C21H25N3O4S/c1-3-13-8-9-17-15(10-13)12-18(29-17)20(26)24-23-19(25)14-6-5-7-16(11-14)22-21(27)28-4-2/h5-7,11-13H,3-4,8-10H2,1-2H3,(H,22,27)(H,23,25)(H,24,26)/t13-/m1/s1. The van der Waals surface area contributed by atoms with Crippen LogP contribution in [0, 0.1) is 5.92 Å². The molecule has 3 N–H and O–H groups in total. The first-order chi connectivity index (χ1) is 14.0. The van der Waals surface area contributed by atoms with Gasteiger partial charge in [0.25, 0.3) is 11.8 Å². The number of carbonyl (C=O) groups excluding carboxylic acids is 3. The Morgan fingerprint density at radius 2 is 1.93 bits per heavy atom. The van der Waals surface area contributed by atoms with Gasteiger partial charge in [0.05, 0.1) is 11.5 Å². The number of fused-ring (bicyclic) bond motifs is 1. The molecule has 8 heteroatoms. The van der Waals surface area contributed by atoms with Gasteiger partial charge in [0.2, 0.25) is 0 Å². The minimum atomic E-state index is -0.592. The van der Waals surface area contributed by atoms with Crippen LogP contribution in [0.1, 0.15) is 57.2 Å².